The van der Waals surface area contributed by atoms with Gasteiger partial charge in [0.25, 0.3) is 0 Å². The number of nitrogens with two attached hydrogens (primary N) is 1. The van der Waals surface area contributed by atoms with Crippen molar-refractivity contribution < 1.29 is 32.8 Å². The van der Waals surface area contributed by atoms with Crippen LogP contribution in [0.15, 0.2) is 85.1 Å². The summed E-state index contributed by atoms with van der Waals surface area (Å²) in [5.74, 6) is -0.343. The average molecular weight is 832 g/mol. The van der Waals surface area contributed by atoms with Crippen molar-refractivity contribution in [3.05, 3.63) is 85.1 Å². The molecule has 0 amide bonds. The zero-order chi connectivity index (χ0) is 42.3. The lowest BCUT2D eigenvalue weighted by atomic mass is 10.0. The van der Waals surface area contributed by atoms with E-state index in [2.05, 4.69) is 98.9 Å². The molecule has 0 aromatic rings. The monoisotopic (exact) mass is 832 g/mol. The minimum Gasteiger partial charge on any atom is -0.457 e. The van der Waals surface area contributed by atoms with E-state index in [1.54, 1.807) is 0 Å². The number of ether oxygens (including phenoxy) is 2. The average Bonchev–Trinajstić information content (AvgIpc) is 3.21. The largest absolute Gasteiger partial charge is 0.472 e. The van der Waals surface area contributed by atoms with Crippen LogP contribution in [-0.2, 0) is 27.9 Å². The lowest BCUT2D eigenvalue weighted by molar-refractivity contribution is -0.154. The van der Waals surface area contributed by atoms with Crippen LogP contribution >= 0.6 is 7.82 Å². The summed E-state index contributed by atoms with van der Waals surface area (Å²) in [5, 5.41) is 0. The third kappa shape index (κ3) is 44.8. The molecule has 0 aliphatic rings. The summed E-state index contributed by atoms with van der Waals surface area (Å²) in [4.78, 5) is 22.5. The molecule has 0 fully saturated rings. The molecule has 0 spiro atoms. The third-order valence-electron chi connectivity index (χ3n) is 9.31. The van der Waals surface area contributed by atoms with Gasteiger partial charge in [0.15, 0.2) is 0 Å². The van der Waals surface area contributed by atoms with E-state index in [0.717, 1.165) is 89.9 Å². The molecule has 8 nitrogen and oxygen atoms in total. The summed E-state index contributed by atoms with van der Waals surface area (Å²) < 4.78 is 33.5. The number of carbonyl (C=O) groups excluding carboxylic acids is 1. The molecule has 0 radical (unpaired) electrons. The minimum absolute atomic E-state index is 0.0929. The second-order valence-corrected chi connectivity index (χ2v) is 16.3. The van der Waals surface area contributed by atoms with Crippen LogP contribution in [0.1, 0.15) is 181 Å². The highest BCUT2D eigenvalue weighted by atomic mass is 31.2. The fraction of sp³-hybridized carbons (Fsp3) is 0.694. The second-order valence-electron chi connectivity index (χ2n) is 14.9. The summed E-state index contributed by atoms with van der Waals surface area (Å²) in [6, 6.07) is 0. The maximum atomic E-state index is 12.6. The number of rotatable bonds is 43. The van der Waals surface area contributed by atoms with Crippen LogP contribution in [0.3, 0.4) is 0 Å². The molecule has 3 N–H and O–H groups in total. The maximum absolute atomic E-state index is 12.6. The highest BCUT2D eigenvalue weighted by Crippen LogP contribution is 2.43. The van der Waals surface area contributed by atoms with Crippen LogP contribution in [0, 0.1) is 0 Å². The third-order valence-corrected chi connectivity index (χ3v) is 10.3. The van der Waals surface area contributed by atoms with Gasteiger partial charge in [-0.1, -0.05) is 176 Å². The lowest BCUT2D eigenvalue weighted by Crippen LogP contribution is -2.28. The van der Waals surface area contributed by atoms with Crippen LogP contribution in [0.25, 0.3) is 0 Å². The number of esters is 1. The molecule has 0 aromatic heterocycles. The molecular formula is C49H86NO7P. The predicted molar refractivity (Wildman–Crippen MR) is 247 cm³/mol. The molecule has 9 heteroatoms. The van der Waals surface area contributed by atoms with Gasteiger partial charge in [0.2, 0.25) is 0 Å². The van der Waals surface area contributed by atoms with Gasteiger partial charge in [-0.3, -0.25) is 13.8 Å². The van der Waals surface area contributed by atoms with Crippen molar-refractivity contribution in [3.8, 4) is 0 Å². The molecule has 0 rings (SSSR count). The normalized spacial score (nSPS) is 14.2. The van der Waals surface area contributed by atoms with E-state index in [1.165, 1.54) is 70.6 Å². The zero-order valence-electron chi connectivity index (χ0n) is 37.0. The molecule has 0 saturated heterocycles. The van der Waals surface area contributed by atoms with Crippen LogP contribution < -0.4 is 5.73 Å². The van der Waals surface area contributed by atoms with Crippen molar-refractivity contribution >= 4 is 13.8 Å². The summed E-state index contributed by atoms with van der Waals surface area (Å²) >= 11 is 0. The van der Waals surface area contributed by atoms with E-state index >= 15 is 0 Å². The van der Waals surface area contributed by atoms with Crippen molar-refractivity contribution in [3.63, 3.8) is 0 Å². The Morgan fingerprint density at radius 3 is 1.36 bits per heavy atom. The Labute approximate surface area is 356 Å². The van der Waals surface area contributed by atoms with Crippen LogP contribution in [0.5, 0.6) is 0 Å². The van der Waals surface area contributed by atoms with E-state index in [1.807, 2.05) is 0 Å². The van der Waals surface area contributed by atoms with Gasteiger partial charge in [-0.15, -0.1) is 0 Å². The van der Waals surface area contributed by atoms with Crippen molar-refractivity contribution in [2.75, 3.05) is 33.0 Å². The topological polar surface area (TPSA) is 117 Å². The first-order chi connectivity index (χ1) is 28.4. The first-order valence-electron chi connectivity index (χ1n) is 23.1. The van der Waals surface area contributed by atoms with Crippen molar-refractivity contribution in [2.24, 2.45) is 5.73 Å². The van der Waals surface area contributed by atoms with Crippen LogP contribution in [0.4, 0.5) is 0 Å². The molecule has 0 saturated carbocycles. The number of allylic oxidation sites excluding steroid dienone is 14. The SMILES string of the molecule is CC/C=C\C/C=C\C/C=C\C/C=C\CCCCCCCCCCCCC(=O)OC(COCCCCCCCC/C=C\C/C=C\C/C=C\CC)COP(=O)(O)OCCN. The predicted octanol–water partition coefficient (Wildman–Crippen LogP) is 14.1. The Morgan fingerprint density at radius 1 is 0.517 bits per heavy atom. The highest BCUT2D eigenvalue weighted by Gasteiger charge is 2.25. The second kappa shape index (κ2) is 45.8. The lowest BCUT2D eigenvalue weighted by Gasteiger charge is -2.20. The number of unbranched alkanes of at least 4 members (excludes halogenated alkanes) is 16. The van der Waals surface area contributed by atoms with Gasteiger partial charge < -0.3 is 20.1 Å². The number of hydrogen-bond acceptors (Lipinski definition) is 7. The first kappa shape index (κ1) is 55.7. The van der Waals surface area contributed by atoms with Crippen molar-refractivity contribution in [2.45, 2.75) is 187 Å². The summed E-state index contributed by atoms with van der Waals surface area (Å²) in [7, 11) is -4.29. The molecule has 0 heterocycles. The van der Waals surface area contributed by atoms with Gasteiger partial charge in [0, 0.05) is 19.6 Å². The summed E-state index contributed by atoms with van der Waals surface area (Å²) in [6.45, 7) is 4.65. The smallest absolute Gasteiger partial charge is 0.457 e. The Balaban J connectivity index is 4.02. The van der Waals surface area contributed by atoms with E-state index in [0.29, 0.717) is 13.0 Å². The van der Waals surface area contributed by atoms with E-state index in [9.17, 15) is 14.3 Å². The van der Waals surface area contributed by atoms with E-state index in [4.69, 9.17) is 24.3 Å². The van der Waals surface area contributed by atoms with Gasteiger partial charge in [-0.05, 0) is 83.5 Å². The molecule has 58 heavy (non-hydrogen) atoms. The Hall–Kier alpha value is -2.32. The summed E-state index contributed by atoms with van der Waals surface area (Å²) in [6.07, 6.45) is 58.9. The Kier molecular flexibility index (Phi) is 43.9. The number of hydrogen-bond donors (Lipinski definition) is 2. The zero-order valence-corrected chi connectivity index (χ0v) is 37.9. The molecule has 2 atom stereocenters. The molecule has 0 bridgehead atoms. The molecule has 0 aliphatic heterocycles. The van der Waals surface area contributed by atoms with Gasteiger partial charge >= 0.3 is 13.8 Å². The van der Waals surface area contributed by atoms with Gasteiger partial charge in [0.05, 0.1) is 19.8 Å². The molecular weight excluding hydrogens is 746 g/mol. The molecule has 0 aliphatic carbocycles. The van der Waals surface area contributed by atoms with Crippen molar-refractivity contribution in [1.82, 2.24) is 0 Å². The Bertz CT molecular complexity index is 1160. The minimum atomic E-state index is -4.29. The number of phosphoric ester groups is 1. The Morgan fingerprint density at radius 2 is 0.914 bits per heavy atom. The number of phosphoric acid groups is 1. The number of carbonyl (C=O) groups is 1. The first-order valence-corrected chi connectivity index (χ1v) is 24.6. The fourth-order valence-corrected chi connectivity index (χ4v) is 6.77. The van der Waals surface area contributed by atoms with Crippen LogP contribution in [-0.4, -0.2) is 49.9 Å². The van der Waals surface area contributed by atoms with E-state index in [-0.39, 0.29) is 32.3 Å². The van der Waals surface area contributed by atoms with Gasteiger partial charge in [0.1, 0.15) is 6.10 Å². The van der Waals surface area contributed by atoms with E-state index < -0.39 is 13.9 Å². The van der Waals surface area contributed by atoms with Gasteiger partial charge in [-0.25, -0.2) is 4.57 Å². The van der Waals surface area contributed by atoms with Gasteiger partial charge in [-0.2, -0.15) is 0 Å². The fourth-order valence-electron chi connectivity index (χ4n) is 6.00. The molecule has 0 aromatic carbocycles. The highest BCUT2D eigenvalue weighted by molar-refractivity contribution is 7.47. The molecule has 334 valence electrons. The molecule has 2 unspecified atom stereocenters. The standard InChI is InChI=1S/C49H86NO7P/c1-3-5-7-9-11-13-15-17-19-21-22-23-24-25-26-27-28-30-32-34-36-38-40-42-49(51)57-48(47-56-58(52,53)55-45-43-50)46-54-44-41-39-37-35-33-31-29-20-18-16-14-12-10-8-6-4-2/h5-8,11-14,17-20,22-23,48H,3-4,9-10,15-16,21,24-47,50H2,1-2H3,(H,52,53)/b7-5-,8-6-,13-11-,14-12-,19-17-,20-18-,23-22-. The maximum Gasteiger partial charge on any atom is 0.472 e. The summed E-state index contributed by atoms with van der Waals surface area (Å²) in [5.41, 5.74) is 5.38. The van der Waals surface area contributed by atoms with Crippen LogP contribution in [0.2, 0.25) is 0 Å². The van der Waals surface area contributed by atoms with Crippen molar-refractivity contribution in [1.29, 1.82) is 0 Å². The quantitative estimate of drug-likeness (QED) is 0.0270.